The minimum absolute atomic E-state index is 0.384. The second kappa shape index (κ2) is 7.28. The Morgan fingerprint density at radius 3 is 2.52 bits per heavy atom. The second-order valence-electron chi connectivity index (χ2n) is 7.14. The van der Waals surface area contributed by atoms with E-state index in [9.17, 15) is 9.59 Å². The average Bonchev–Trinajstić information content (AvgIpc) is 2.84. The van der Waals surface area contributed by atoms with Gasteiger partial charge in [0.1, 0.15) is 0 Å². The topological polar surface area (TPSA) is 50.3 Å². The predicted molar refractivity (Wildman–Crippen MR) is 106 cm³/mol. The normalized spacial score (nSPS) is 16.4. The smallest absolute Gasteiger partial charge is 0.289 e. The van der Waals surface area contributed by atoms with Gasteiger partial charge in [-0.3, -0.25) is 14.6 Å². The van der Waals surface area contributed by atoms with Crippen LogP contribution < -0.4 is 0 Å². The van der Waals surface area contributed by atoms with Crippen molar-refractivity contribution in [3.05, 3.63) is 69.5 Å². The first-order chi connectivity index (χ1) is 13.0. The van der Waals surface area contributed by atoms with Gasteiger partial charge < -0.3 is 4.90 Å². The molecule has 1 aromatic heterocycles. The summed E-state index contributed by atoms with van der Waals surface area (Å²) in [4.78, 5) is 29.8. The number of carbonyl (C=O) groups excluding carboxylic acids is 2. The highest BCUT2D eigenvalue weighted by Crippen LogP contribution is 2.38. The van der Waals surface area contributed by atoms with Crippen molar-refractivity contribution in [1.82, 2.24) is 9.88 Å². The van der Waals surface area contributed by atoms with E-state index in [0.717, 1.165) is 36.4 Å². The van der Waals surface area contributed by atoms with Gasteiger partial charge in [0.25, 0.3) is 5.91 Å². The first-order valence-corrected chi connectivity index (χ1v) is 9.67. The Morgan fingerprint density at radius 1 is 1.04 bits per heavy atom. The van der Waals surface area contributed by atoms with Crippen molar-refractivity contribution >= 4 is 28.9 Å². The Hall–Kier alpha value is -2.46. The molecule has 4 nitrogen and oxygen atoms in total. The Balaban J connectivity index is 1.79. The highest BCUT2D eigenvalue weighted by Gasteiger charge is 2.27. The lowest BCUT2D eigenvalue weighted by molar-refractivity contribution is -0.143. The number of hydrogen-bond acceptors (Lipinski definition) is 3. The van der Waals surface area contributed by atoms with Crippen LogP contribution in [0.3, 0.4) is 0 Å². The number of aromatic nitrogens is 1. The van der Waals surface area contributed by atoms with Gasteiger partial charge >= 0.3 is 0 Å². The molecule has 0 spiro atoms. The van der Waals surface area contributed by atoms with E-state index in [0.29, 0.717) is 13.1 Å². The number of fused-ring (bicyclic) bond motifs is 2. The van der Waals surface area contributed by atoms with Crippen LogP contribution in [-0.4, -0.2) is 34.7 Å². The summed E-state index contributed by atoms with van der Waals surface area (Å²) in [6.45, 7) is 2.48. The predicted octanol–water partition coefficient (Wildman–Crippen LogP) is 3.85. The van der Waals surface area contributed by atoms with Crippen molar-refractivity contribution in [3.63, 3.8) is 0 Å². The number of pyridine rings is 1. The molecule has 0 unspecified atom stereocenters. The highest BCUT2D eigenvalue weighted by molar-refractivity contribution is 6.35. The second-order valence-corrected chi connectivity index (χ2v) is 7.58. The zero-order valence-corrected chi connectivity index (χ0v) is 16.1. The van der Waals surface area contributed by atoms with Crippen LogP contribution in [0.15, 0.2) is 42.1 Å². The number of benzene rings is 1. The Bertz CT molecular complexity index is 955. The monoisotopic (exact) mass is 380 g/mol. The van der Waals surface area contributed by atoms with Gasteiger partial charge in [0.15, 0.2) is 0 Å². The molecule has 1 aliphatic carbocycles. The number of halogens is 1. The summed E-state index contributed by atoms with van der Waals surface area (Å²) in [5.41, 5.74) is 7.20. The average molecular weight is 381 g/mol. The lowest BCUT2D eigenvalue weighted by Crippen LogP contribution is -2.39. The summed E-state index contributed by atoms with van der Waals surface area (Å²) in [7, 11) is 0. The first-order valence-electron chi connectivity index (χ1n) is 9.29. The summed E-state index contributed by atoms with van der Waals surface area (Å²) in [6, 6.07) is 10.2. The van der Waals surface area contributed by atoms with Gasteiger partial charge in [-0.05, 0) is 60.6 Å². The highest BCUT2D eigenvalue weighted by atomic mass is 35.5. The molecule has 2 aromatic rings. The van der Waals surface area contributed by atoms with E-state index in [2.05, 4.69) is 18.2 Å². The molecule has 2 heterocycles. The number of aryl methyl sites for hydroxylation is 2. The molecular formula is C22H21ClN2O2. The number of piperidine rings is 1. The number of likely N-dealkylation sites (tertiary alicyclic amines) is 1. The fourth-order valence-corrected chi connectivity index (χ4v) is 4.28. The van der Waals surface area contributed by atoms with Gasteiger partial charge in [0.05, 0.1) is 5.69 Å². The number of hydrogen-bond donors (Lipinski definition) is 0. The van der Waals surface area contributed by atoms with Crippen molar-refractivity contribution in [2.45, 2.75) is 32.6 Å². The maximum atomic E-state index is 12.0. The Morgan fingerprint density at radius 2 is 1.78 bits per heavy atom. The van der Waals surface area contributed by atoms with Crippen molar-refractivity contribution in [3.8, 4) is 0 Å². The van der Waals surface area contributed by atoms with E-state index < -0.39 is 5.78 Å². The quantitative estimate of drug-likeness (QED) is 0.706. The van der Waals surface area contributed by atoms with Crippen LogP contribution in [0.2, 0.25) is 5.02 Å². The van der Waals surface area contributed by atoms with Gasteiger partial charge in [-0.25, -0.2) is 0 Å². The van der Waals surface area contributed by atoms with E-state index in [4.69, 9.17) is 16.6 Å². The lowest BCUT2D eigenvalue weighted by atomic mass is 9.88. The van der Waals surface area contributed by atoms with Crippen molar-refractivity contribution < 1.29 is 9.59 Å². The molecule has 5 heteroatoms. The van der Waals surface area contributed by atoms with E-state index in [1.165, 1.54) is 34.8 Å². The fourth-order valence-electron chi connectivity index (χ4n) is 4.09. The molecule has 1 aliphatic heterocycles. The number of ketones is 1. The molecule has 1 aromatic carbocycles. The van der Waals surface area contributed by atoms with E-state index in [1.807, 2.05) is 18.3 Å². The Labute approximate surface area is 163 Å². The van der Waals surface area contributed by atoms with Crippen molar-refractivity contribution in [1.29, 1.82) is 0 Å². The Kier molecular flexibility index (Phi) is 4.83. The third-order valence-corrected chi connectivity index (χ3v) is 5.67. The summed E-state index contributed by atoms with van der Waals surface area (Å²) in [5.74, 6) is -0.779. The molecule has 0 N–H and O–H groups in total. The van der Waals surface area contributed by atoms with Crippen LogP contribution in [0.4, 0.5) is 0 Å². The molecule has 0 radical (unpaired) electrons. The van der Waals surface area contributed by atoms with Crippen LogP contribution in [0.25, 0.3) is 5.57 Å². The molecule has 2 aliphatic rings. The molecule has 1 saturated heterocycles. The van der Waals surface area contributed by atoms with E-state index in [1.54, 1.807) is 4.90 Å². The maximum absolute atomic E-state index is 12.0. The zero-order chi connectivity index (χ0) is 19.0. The maximum Gasteiger partial charge on any atom is 0.289 e. The van der Waals surface area contributed by atoms with Gasteiger partial charge in [0.2, 0.25) is 5.78 Å². The molecular weight excluding hydrogens is 360 g/mol. The first kappa shape index (κ1) is 17.9. The van der Waals surface area contributed by atoms with Crippen LogP contribution >= 0.6 is 11.6 Å². The minimum Gasteiger partial charge on any atom is -0.335 e. The third kappa shape index (κ3) is 3.42. The number of nitrogens with zero attached hydrogens (tertiary/aromatic N) is 2. The van der Waals surface area contributed by atoms with E-state index >= 15 is 0 Å². The molecule has 4 rings (SSSR count). The van der Waals surface area contributed by atoms with Gasteiger partial charge in [-0.2, -0.15) is 0 Å². The summed E-state index contributed by atoms with van der Waals surface area (Å²) in [5, 5.41) is 0.749. The van der Waals surface area contributed by atoms with Gasteiger partial charge in [0, 0.05) is 36.8 Å². The molecule has 138 valence electrons. The van der Waals surface area contributed by atoms with E-state index in [-0.39, 0.29) is 5.91 Å². The minimum atomic E-state index is -0.396. The molecule has 0 atom stereocenters. The summed E-state index contributed by atoms with van der Waals surface area (Å²) in [6.07, 6.45) is 5.22. The molecule has 27 heavy (non-hydrogen) atoms. The standard InChI is InChI=1S/C22H21ClN2O2/c1-14(26)22(27)25-11-8-15(9-12-25)20-19-7-6-18(23)13-17(19)5-4-16-3-2-10-24-21(16)20/h2-3,6-7,10,13H,4-5,8-9,11-12H2,1H3. The molecule has 1 fully saturated rings. The van der Waals surface area contributed by atoms with Crippen LogP contribution in [0.1, 0.15) is 42.1 Å². The van der Waals surface area contributed by atoms with Crippen molar-refractivity contribution in [2.24, 2.45) is 0 Å². The summed E-state index contributed by atoms with van der Waals surface area (Å²) >= 11 is 6.25. The number of carbonyl (C=O) groups is 2. The molecule has 0 saturated carbocycles. The lowest BCUT2D eigenvalue weighted by Gasteiger charge is -2.29. The number of rotatable bonds is 1. The molecule has 1 amide bonds. The molecule has 0 bridgehead atoms. The SMILES string of the molecule is CC(=O)C(=O)N1CCC(=C2c3ccc(Cl)cc3CCc3cccnc32)CC1. The summed E-state index contributed by atoms with van der Waals surface area (Å²) < 4.78 is 0. The van der Waals surface area contributed by atoms with Gasteiger partial charge in [-0.15, -0.1) is 0 Å². The fraction of sp³-hybridized carbons (Fsp3) is 0.318. The van der Waals surface area contributed by atoms with Gasteiger partial charge in [-0.1, -0.05) is 29.3 Å². The van der Waals surface area contributed by atoms with Crippen molar-refractivity contribution in [2.75, 3.05) is 13.1 Å². The number of amides is 1. The van der Waals surface area contributed by atoms with Crippen LogP contribution in [0, 0.1) is 0 Å². The number of Topliss-reactive ketones (excluding diaryl/α,β-unsaturated/α-hetero) is 1. The van der Waals surface area contributed by atoms with Crippen LogP contribution in [-0.2, 0) is 22.4 Å². The zero-order valence-electron chi connectivity index (χ0n) is 15.3. The third-order valence-electron chi connectivity index (χ3n) is 5.44. The largest absolute Gasteiger partial charge is 0.335 e. The van der Waals surface area contributed by atoms with Crippen LogP contribution in [0.5, 0.6) is 0 Å².